The summed E-state index contributed by atoms with van der Waals surface area (Å²) >= 11 is 5.99. The predicted molar refractivity (Wildman–Crippen MR) is 152 cm³/mol. The average Bonchev–Trinajstić information content (AvgIpc) is 3.43. The number of para-hydroxylation sites is 1. The van der Waals surface area contributed by atoms with E-state index in [1.807, 2.05) is 42.5 Å². The minimum absolute atomic E-state index is 0.118. The molecule has 0 N–H and O–H groups in total. The lowest BCUT2D eigenvalue weighted by Gasteiger charge is -2.38. The molecule has 5 aromatic carbocycles. The van der Waals surface area contributed by atoms with Gasteiger partial charge in [-0.15, -0.1) is 0 Å². The summed E-state index contributed by atoms with van der Waals surface area (Å²) in [5, 5.41) is 10.4. The molecule has 4 nitrogen and oxygen atoms in total. The topological polar surface area (TPSA) is 34.1 Å². The Kier molecular flexibility index (Phi) is 5.75. The van der Waals surface area contributed by atoms with E-state index >= 15 is 0 Å². The van der Waals surface area contributed by atoms with Gasteiger partial charge in [0.2, 0.25) is 6.23 Å². The highest BCUT2D eigenvalue weighted by atomic mass is 35.5. The maximum Gasteiger partial charge on any atom is 0.213 e. The van der Waals surface area contributed by atoms with Crippen LogP contribution < -0.4 is 9.47 Å². The van der Waals surface area contributed by atoms with Gasteiger partial charge in [0, 0.05) is 22.6 Å². The summed E-state index contributed by atoms with van der Waals surface area (Å²) in [7, 11) is 0. The third-order valence-corrected chi connectivity index (χ3v) is 7.52. The van der Waals surface area contributed by atoms with Gasteiger partial charge in [0.15, 0.2) is 0 Å². The van der Waals surface area contributed by atoms with E-state index < -0.39 is 0 Å². The molecule has 0 aromatic heterocycles. The zero-order valence-electron chi connectivity index (χ0n) is 20.6. The molecule has 2 aliphatic heterocycles. The van der Waals surface area contributed by atoms with Crippen molar-refractivity contribution in [3.63, 3.8) is 0 Å². The van der Waals surface area contributed by atoms with Crippen LogP contribution in [0.2, 0.25) is 5.02 Å². The second-order valence-corrected chi connectivity index (χ2v) is 10.1. The van der Waals surface area contributed by atoms with Crippen molar-refractivity contribution in [2.75, 3.05) is 0 Å². The van der Waals surface area contributed by atoms with E-state index in [2.05, 4.69) is 77.8 Å². The largest absolute Gasteiger partial charge is 0.489 e. The lowest BCUT2D eigenvalue weighted by atomic mass is 9.95. The van der Waals surface area contributed by atoms with Crippen LogP contribution in [-0.2, 0) is 6.61 Å². The fourth-order valence-corrected chi connectivity index (χ4v) is 5.40. The van der Waals surface area contributed by atoms with Crippen molar-refractivity contribution in [1.82, 2.24) is 5.01 Å². The van der Waals surface area contributed by atoms with Crippen LogP contribution in [0, 0.1) is 0 Å². The Labute approximate surface area is 226 Å². The van der Waals surface area contributed by atoms with Crippen molar-refractivity contribution in [1.29, 1.82) is 0 Å². The molecule has 2 aliphatic rings. The van der Waals surface area contributed by atoms with E-state index in [9.17, 15) is 0 Å². The molecule has 0 saturated heterocycles. The zero-order valence-corrected chi connectivity index (χ0v) is 21.4. The summed E-state index contributed by atoms with van der Waals surface area (Å²) in [4.78, 5) is 0. The van der Waals surface area contributed by atoms with E-state index in [4.69, 9.17) is 26.2 Å². The first-order chi connectivity index (χ1) is 18.7. The van der Waals surface area contributed by atoms with Crippen LogP contribution >= 0.6 is 11.6 Å². The molecule has 2 unspecified atom stereocenters. The van der Waals surface area contributed by atoms with Gasteiger partial charge < -0.3 is 9.47 Å². The zero-order chi connectivity index (χ0) is 25.5. The molecule has 0 bridgehead atoms. The van der Waals surface area contributed by atoms with Gasteiger partial charge in [-0.2, -0.15) is 5.10 Å². The van der Waals surface area contributed by atoms with Crippen molar-refractivity contribution >= 4 is 28.1 Å². The van der Waals surface area contributed by atoms with Crippen LogP contribution in [0.4, 0.5) is 0 Å². The number of rotatable bonds is 5. The molecule has 7 rings (SSSR count). The second-order valence-electron chi connectivity index (χ2n) is 9.70. The SMILES string of the molecule is Clc1ccc(COc2ccc(C3Oc4ccccc4C4CC(c5ccc6ccccc6c5)=NN43)cc2)cc1. The summed E-state index contributed by atoms with van der Waals surface area (Å²) in [5.74, 6) is 1.72. The predicted octanol–water partition coefficient (Wildman–Crippen LogP) is 8.31. The fraction of sp³-hybridized carbons (Fsp3) is 0.121. The van der Waals surface area contributed by atoms with Crippen LogP contribution in [0.5, 0.6) is 11.5 Å². The summed E-state index contributed by atoms with van der Waals surface area (Å²) < 4.78 is 12.5. The van der Waals surface area contributed by atoms with Gasteiger partial charge in [0.05, 0.1) is 11.8 Å². The molecule has 0 fully saturated rings. The number of benzene rings is 5. The van der Waals surface area contributed by atoms with Crippen LogP contribution in [0.15, 0.2) is 120 Å². The van der Waals surface area contributed by atoms with Gasteiger partial charge in [0.25, 0.3) is 0 Å². The molecule has 186 valence electrons. The second kappa shape index (κ2) is 9.55. The van der Waals surface area contributed by atoms with Crippen LogP contribution in [0.3, 0.4) is 0 Å². The first-order valence-electron chi connectivity index (χ1n) is 12.8. The number of hydrogen-bond acceptors (Lipinski definition) is 4. The molecule has 0 spiro atoms. The minimum Gasteiger partial charge on any atom is -0.489 e. The van der Waals surface area contributed by atoms with Crippen LogP contribution in [-0.4, -0.2) is 10.7 Å². The lowest BCUT2D eigenvalue weighted by Crippen LogP contribution is -2.33. The number of hydrazone groups is 1. The molecule has 2 atom stereocenters. The van der Waals surface area contributed by atoms with E-state index in [1.54, 1.807) is 0 Å². The van der Waals surface area contributed by atoms with Crippen molar-refractivity contribution in [2.24, 2.45) is 5.10 Å². The maximum absolute atomic E-state index is 6.53. The molecule has 5 heteroatoms. The highest BCUT2D eigenvalue weighted by Crippen LogP contribution is 2.47. The fourth-order valence-electron chi connectivity index (χ4n) is 5.27. The number of ether oxygens (including phenoxy) is 2. The molecule has 0 amide bonds. The summed E-state index contributed by atoms with van der Waals surface area (Å²) in [6.07, 6.45) is 0.510. The summed E-state index contributed by atoms with van der Waals surface area (Å²) in [5.41, 5.74) is 5.51. The average molecular weight is 517 g/mol. The number of nitrogens with zero attached hydrogens (tertiary/aromatic N) is 2. The number of fused-ring (bicyclic) bond motifs is 4. The molecular weight excluding hydrogens is 492 g/mol. The van der Waals surface area contributed by atoms with Gasteiger partial charge in [0.1, 0.15) is 18.1 Å². The molecular formula is C33H25ClN2O2. The number of halogens is 1. The smallest absolute Gasteiger partial charge is 0.213 e. The minimum atomic E-state index is -0.321. The highest BCUT2D eigenvalue weighted by Gasteiger charge is 2.40. The molecule has 38 heavy (non-hydrogen) atoms. The Morgan fingerprint density at radius 2 is 1.58 bits per heavy atom. The Bertz CT molecular complexity index is 1650. The van der Waals surface area contributed by atoms with Crippen molar-refractivity contribution in [3.8, 4) is 11.5 Å². The molecule has 0 radical (unpaired) electrons. The third kappa shape index (κ3) is 4.27. The van der Waals surface area contributed by atoms with Crippen molar-refractivity contribution in [2.45, 2.75) is 25.3 Å². The summed E-state index contributed by atoms with van der Waals surface area (Å²) in [6, 6.07) is 39.3. The van der Waals surface area contributed by atoms with Gasteiger partial charge in [-0.1, -0.05) is 78.3 Å². The molecule has 0 saturated carbocycles. The van der Waals surface area contributed by atoms with E-state index in [0.717, 1.165) is 45.3 Å². The molecule has 2 heterocycles. The monoisotopic (exact) mass is 516 g/mol. The first kappa shape index (κ1) is 22.9. The Morgan fingerprint density at radius 3 is 2.42 bits per heavy atom. The first-order valence-corrected chi connectivity index (χ1v) is 13.2. The van der Waals surface area contributed by atoms with E-state index in [0.29, 0.717) is 6.61 Å². The van der Waals surface area contributed by atoms with Crippen molar-refractivity contribution in [3.05, 3.63) is 143 Å². The normalized spacial score (nSPS) is 17.9. The quantitative estimate of drug-likeness (QED) is 0.235. The number of hydrogen-bond donors (Lipinski definition) is 0. The molecule has 5 aromatic rings. The van der Waals surface area contributed by atoms with Gasteiger partial charge in [-0.25, -0.2) is 5.01 Å². The van der Waals surface area contributed by atoms with Crippen LogP contribution in [0.25, 0.3) is 10.8 Å². The Hall–Kier alpha value is -4.28. The van der Waals surface area contributed by atoms with Gasteiger partial charge in [-0.3, -0.25) is 0 Å². The molecule has 0 aliphatic carbocycles. The Morgan fingerprint density at radius 1 is 0.816 bits per heavy atom. The van der Waals surface area contributed by atoms with Gasteiger partial charge in [-0.05, 0) is 70.4 Å². The van der Waals surface area contributed by atoms with Crippen molar-refractivity contribution < 1.29 is 9.47 Å². The third-order valence-electron chi connectivity index (χ3n) is 7.27. The van der Waals surface area contributed by atoms with Gasteiger partial charge >= 0.3 is 0 Å². The van der Waals surface area contributed by atoms with Crippen LogP contribution in [0.1, 0.15) is 40.9 Å². The van der Waals surface area contributed by atoms with E-state index in [1.165, 1.54) is 16.3 Å². The van der Waals surface area contributed by atoms with E-state index in [-0.39, 0.29) is 12.3 Å². The standard InChI is InChI=1S/C33H25ClN2O2/c34-27-15-9-22(10-16-27)21-37-28-17-13-24(14-18-28)33-36-31(29-7-3-4-8-32(29)38-33)20-30(35-36)26-12-11-23-5-1-2-6-25(23)19-26/h1-19,31,33H,20-21H2. The highest BCUT2D eigenvalue weighted by molar-refractivity contribution is 6.30. The maximum atomic E-state index is 6.53. The Balaban J connectivity index is 1.17. The lowest BCUT2D eigenvalue weighted by molar-refractivity contribution is -0.0190. The summed E-state index contributed by atoms with van der Waals surface area (Å²) in [6.45, 7) is 0.484.